The number of hydrogen-bond acceptors (Lipinski definition) is 3. The Labute approximate surface area is 120 Å². The highest BCUT2D eigenvalue weighted by atomic mass is 35.5. The monoisotopic (exact) mass is 292 g/mol. The molecule has 0 aliphatic carbocycles. The minimum atomic E-state index is 0.202. The van der Waals surface area contributed by atoms with Crippen LogP contribution in [-0.2, 0) is 0 Å². The van der Waals surface area contributed by atoms with Gasteiger partial charge in [-0.05, 0) is 29.8 Å². The smallest absolute Gasteiger partial charge is 0.172 e. The van der Waals surface area contributed by atoms with Crippen LogP contribution in [0.4, 0.5) is 0 Å². The van der Waals surface area contributed by atoms with Gasteiger partial charge < -0.3 is 5.73 Å². The minimum Gasteiger partial charge on any atom is -0.380 e. The lowest BCUT2D eigenvalue weighted by molar-refractivity contribution is 1.20. The Morgan fingerprint density at radius 2 is 1.84 bits per heavy atom. The first-order valence-corrected chi connectivity index (χ1v) is 6.15. The van der Waals surface area contributed by atoms with Crippen molar-refractivity contribution in [2.24, 2.45) is 15.9 Å². The van der Waals surface area contributed by atoms with E-state index in [0.717, 1.165) is 5.56 Å². The van der Waals surface area contributed by atoms with Gasteiger partial charge in [0.05, 0.1) is 6.21 Å². The van der Waals surface area contributed by atoms with Gasteiger partial charge in [-0.1, -0.05) is 35.3 Å². The zero-order valence-electron chi connectivity index (χ0n) is 9.79. The molecule has 0 aliphatic heterocycles. The SMILES string of the molecule is N/C(=N\N=C\c1ccc(Cl)cc1)c1cc(Cl)ccn1. The summed E-state index contributed by atoms with van der Waals surface area (Å²) in [5.41, 5.74) is 7.11. The van der Waals surface area contributed by atoms with Gasteiger partial charge in [0.15, 0.2) is 5.84 Å². The van der Waals surface area contributed by atoms with Gasteiger partial charge in [0.2, 0.25) is 0 Å². The number of nitrogens with zero attached hydrogens (tertiary/aromatic N) is 3. The number of hydrogen-bond donors (Lipinski definition) is 1. The van der Waals surface area contributed by atoms with Gasteiger partial charge in [-0.15, -0.1) is 5.10 Å². The average Bonchev–Trinajstić information content (AvgIpc) is 2.41. The van der Waals surface area contributed by atoms with Crippen molar-refractivity contribution >= 4 is 35.3 Å². The van der Waals surface area contributed by atoms with E-state index in [1.165, 1.54) is 0 Å². The van der Waals surface area contributed by atoms with Crippen molar-refractivity contribution in [3.8, 4) is 0 Å². The Kier molecular flexibility index (Phi) is 4.49. The van der Waals surface area contributed by atoms with Crippen molar-refractivity contribution < 1.29 is 0 Å². The van der Waals surface area contributed by atoms with E-state index in [4.69, 9.17) is 28.9 Å². The Balaban J connectivity index is 2.11. The van der Waals surface area contributed by atoms with Gasteiger partial charge in [-0.2, -0.15) is 5.10 Å². The summed E-state index contributed by atoms with van der Waals surface area (Å²) in [6.45, 7) is 0. The predicted octanol–water partition coefficient (Wildman–Crippen LogP) is 3.13. The predicted molar refractivity (Wildman–Crippen MR) is 79.0 cm³/mol. The molecule has 0 radical (unpaired) electrons. The first-order chi connectivity index (χ1) is 9.15. The molecule has 2 aromatic rings. The summed E-state index contributed by atoms with van der Waals surface area (Å²) in [4.78, 5) is 4.05. The van der Waals surface area contributed by atoms with Crippen molar-refractivity contribution in [2.45, 2.75) is 0 Å². The molecule has 0 saturated carbocycles. The molecule has 0 atom stereocenters. The van der Waals surface area contributed by atoms with Crippen LogP contribution < -0.4 is 5.73 Å². The molecule has 0 saturated heterocycles. The highest BCUT2D eigenvalue weighted by molar-refractivity contribution is 6.31. The summed E-state index contributed by atoms with van der Waals surface area (Å²) in [6.07, 6.45) is 3.14. The molecular weight excluding hydrogens is 283 g/mol. The quantitative estimate of drug-likeness (QED) is 0.537. The number of pyridine rings is 1. The summed E-state index contributed by atoms with van der Waals surface area (Å²) in [5.74, 6) is 0.202. The van der Waals surface area contributed by atoms with Crippen LogP contribution in [-0.4, -0.2) is 17.0 Å². The fourth-order valence-electron chi connectivity index (χ4n) is 1.30. The lowest BCUT2D eigenvalue weighted by atomic mass is 10.2. The summed E-state index contributed by atoms with van der Waals surface area (Å²) >= 11 is 11.6. The van der Waals surface area contributed by atoms with Crippen LogP contribution >= 0.6 is 23.2 Å². The Bertz CT molecular complexity index is 621. The molecule has 2 rings (SSSR count). The third-order valence-electron chi connectivity index (χ3n) is 2.23. The fourth-order valence-corrected chi connectivity index (χ4v) is 1.59. The minimum absolute atomic E-state index is 0.202. The van der Waals surface area contributed by atoms with Gasteiger partial charge in [0.1, 0.15) is 5.69 Å². The molecular formula is C13H10Cl2N4. The largest absolute Gasteiger partial charge is 0.380 e. The fraction of sp³-hybridized carbons (Fsp3) is 0. The van der Waals surface area contributed by atoms with Gasteiger partial charge in [-0.3, -0.25) is 4.98 Å². The summed E-state index contributed by atoms with van der Waals surface area (Å²) in [7, 11) is 0. The molecule has 4 nitrogen and oxygen atoms in total. The van der Waals surface area contributed by atoms with Crippen LogP contribution in [0.2, 0.25) is 10.0 Å². The molecule has 2 N–H and O–H groups in total. The van der Waals surface area contributed by atoms with E-state index >= 15 is 0 Å². The lowest BCUT2D eigenvalue weighted by Gasteiger charge is -1.97. The van der Waals surface area contributed by atoms with Crippen LogP contribution in [0.1, 0.15) is 11.3 Å². The molecule has 0 spiro atoms. The highest BCUT2D eigenvalue weighted by Crippen LogP contribution is 2.09. The van der Waals surface area contributed by atoms with Gasteiger partial charge in [0, 0.05) is 16.2 Å². The topological polar surface area (TPSA) is 63.6 Å². The second-order valence-electron chi connectivity index (χ2n) is 3.64. The van der Waals surface area contributed by atoms with Crippen molar-refractivity contribution in [3.63, 3.8) is 0 Å². The second kappa shape index (κ2) is 6.31. The van der Waals surface area contributed by atoms with Gasteiger partial charge >= 0.3 is 0 Å². The first kappa shape index (κ1) is 13.5. The number of benzene rings is 1. The molecule has 1 aromatic carbocycles. The molecule has 6 heteroatoms. The van der Waals surface area contributed by atoms with E-state index in [-0.39, 0.29) is 5.84 Å². The van der Waals surface area contributed by atoms with Crippen molar-refractivity contribution in [3.05, 3.63) is 63.9 Å². The van der Waals surface area contributed by atoms with Crippen molar-refractivity contribution in [1.29, 1.82) is 0 Å². The summed E-state index contributed by atoms with van der Waals surface area (Å²) in [5, 5.41) is 8.97. The van der Waals surface area contributed by atoms with Gasteiger partial charge in [0.25, 0.3) is 0 Å². The van der Waals surface area contributed by atoms with Crippen LogP contribution in [0.3, 0.4) is 0 Å². The summed E-state index contributed by atoms with van der Waals surface area (Å²) < 4.78 is 0. The number of aromatic nitrogens is 1. The Morgan fingerprint density at radius 3 is 2.53 bits per heavy atom. The van der Waals surface area contributed by atoms with E-state index in [0.29, 0.717) is 15.7 Å². The molecule has 1 aromatic heterocycles. The molecule has 0 aliphatic rings. The average molecular weight is 293 g/mol. The molecule has 0 amide bonds. The van der Waals surface area contributed by atoms with Crippen LogP contribution in [0.15, 0.2) is 52.8 Å². The highest BCUT2D eigenvalue weighted by Gasteiger charge is 1.99. The zero-order chi connectivity index (χ0) is 13.7. The first-order valence-electron chi connectivity index (χ1n) is 5.39. The third-order valence-corrected chi connectivity index (χ3v) is 2.71. The Hall–Kier alpha value is -1.91. The lowest BCUT2D eigenvalue weighted by Crippen LogP contribution is -2.14. The van der Waals surface area contributed by atoms with Gasteiger partial charge in [-0.25, -0.2) is 0 Å². The Morgan fingerprint density at radius 1 is 1.11 bits per heavy atom. The number of nitrogens with two attached hydrogens (primary N) is 1. The molecule has 1 heterocycles. The van der Waals surface area contributed by atoms with E-state index < -0.39 is 0 Å². The normalized spacial score (nSPS) is 12.0. The maximum Gasteiger partial charge on any atom is 0.172 e. The molecule has 0 unspecified atom stereocenters. The van der Waals surface area contributed by atoms with E-state index in [1.807, 2.05) is 12.1 Å². The van der Waals surface area contributed by atoms with E-state index in [2.05, 4.69) is 15.2 Å². The van der Waals surface area contributed by atoms with Crippen LogP contribution in [0, 0.1) is 0 Å². The number of amidine groups is 1. The van der Waals surface area contributed by atoms with E-state index in [9.17, 15) is 0 Å². The summed E-state index contributed by atoms with van der Waals surface area (Å²) in [6, 6.07) is 10.5. The second-order valence-corrected chi connectivity index (χ2v) is 4.51. The van der Waals surface area contributed by atoms with E-state index in [1.54, 1.807) is 36.7 Å². The maximum atomic E-state index is 5.83. The van der Waals surface area contributed by atoms with Crippen LogP contribution in [0.5, 0.6) is 0 Å². The maximum absolute atomic E-state index is 5.83. The van der Waals surface area contributed by atoms with Crippen LogP contribution in [0.25, 0.3) is 0 Å². The molecule has 19 heavy (non-hydrogen) atoms. The molecule has 96 valence electrons. The standard InChI is InChI=1S/C13H10Cl2N4/c14-10-3-1-9(2-4-10)8-18-19-13(16)12-7-11(15)5-6-17-12/h1-8H,(H2,16,19)/b18-8+. The number of halogens is 2. The zero-order valence-corrected chi connectivity index (χ0v) is 11.3. The molecule has 0 fully saturated rings. The molecule has 0 bridgehead atoms. The number of rotatable bonds is 3. The van der Waals surface area contributed by atoms with Crippen molar-refractivity contribution in [1.82, 2.24) is 4.98 Å². The van der Waals surface area contributed by atoms with Crippen molar-refractivity contribution in [2.75, 3.05) is 0 Å². The third kappa shape index (κ3) is 4.05.